The predicted octanol–water partition coefficient (Wildman–Crippen LogP) is 1.94. The molecule has 26 heavy (non-hydrogen) atoms. The lowest BCUT2D eigenvalue weighted by Gasteiger charge is -2.32. The second kappa shape index (κ2) is 7.80. The number of hydrogen-bond donors (Lipinski definition) is 1. The molecular formula is C19H25N7. The molecule has 7 nitrogen and oxygen atoms in total. The Labute approximate surface area is 153 Å². The summed E-state index contributed by atoms with van der Waals surface area (Å²) in [6.45, 7) is 4.46. The SMILES string of the molecule is NCc1cn(C2CCCN(CCn3cc(-c4ccccc4)cn3)C2)nn1. The van der Waals surface area contributed by atoms with Crippen LogP contribution in [0.2, 0.25) is 0 Å². The van der Waals surface area contributed by atoms with Crippen LogP contribution in [0.1, 0.15) is 24.6 Å². The van der Waals surface area contributed by atoms with Crippen LogP contribution in [0.3, 0.4) is 0 Å². The largest absolute Gasteiger partial charge is 0.325 e. The molecule has 1 aromatic carbocycles. The summed E-state index contributed by atoms with van der Waals surface area (Å²) >= 11 is 0. The molecule has 1 aliphatic heterocycles. The van der Waals surface area contributed by atoms with Gasteiger partial charge in [0, 0.05) is 31.4 Å². The summed E-state index contributed by atoms with van der Waals surface area (Å²) < 4.78 is 4.02. The minimum Gasteiger partial charge on any atom is -0.325 e. The second-order valence-electron chi connectivity index (χ2n) is 6.85. The highest BCUT2D eigenvalue weighted by Gasteiger charge is 2.22. The van der Waals surface area contributed by atoms with Crippen LogP contribution >= 0.6 is 0 Å². The molecule has 1 aliphatic rings. The Morgan fingerprint density at radius 3 is 2.77 bits per heavy atom. The van der Waals surface area contributed by atoms with Gasteiger partial charge in [0.1, 0.15) is 0 Å². The minimum atomic E-state index is 0.383. The van der Waals surface area contributed by atoms with Crippen molar-refractivity contribution in [3.05, 3.63) is 54.6 Å². The summed E-state index contributed by atoms with van der Waals surface area (Å²) in [5.41, 5.74) is 8.87. The maximum atomic E-state index is 5.64. The fraction of sp³-hybridized carbons (Fsp3) is 0.421. The van der Waals surface area contributed by atoms with Crippen LogP contribution in [0, 0.1) is 0 Å². The van der Waals surface area contributed by atoms with Gasteiger partial charge in [0.2, 0.25) is 0 Å². The highest BCUT2D eigenvalue weighted by atomic mass is 15.4. The molecule has 7 heteroatoms. The summed E-state index contributed by atoms with van der Waals surface area (Å²) in [6, 6.07) is 10.8. The lowest BCUT2D eigenvalue weighted by Crippen LogP contribution is -2.38. The first-order chi connectivity index (χ1) is 12.8. The topological polar surface area (TPSA) is 77.8 Å². The van der Waals surface area contributed by atoms with Crippen LogP contribution in [0.5, 0.6) is 0 Å². The molecule has 2 aromatic heterocycles. The summed E-state index contributed by atoms with van der Waals surface area (Å²) in [4.78, 5) is 2.49. The van der Waals surface area contributed by atoms with Crippen LogP contribution in [0.15, 0.2) is 48.9 Å². The minimum absolute atomic E-state index is 0.383. The molecule has 1 unspecified atom stereocenters. The zero-order valence-corrected chi connectivity index (χ0v) is 14.9. The van der Waals surface area contributed by atoms with Gasteiger partial charge < -0.3 is 5.73 Å². The average molecular weight is 351 g/mol. The summed E-state index contributed by atoms with van der Waals surface area (Å²) in [7, 11) is 0. The van der Waals surface area contributed by atoms with Gasteiger partial charge in [-0.1, -0.05) is 35.5 Å². The Morgan fingerprint density at radius 1 is 1.08 bits per heavy atom. The predicted molar refractivity (Wildman–Crippen MR) is 100 cm³/mol. The first-order valence-electron chi connectivity index (χ1n) is 9.23. The maximum Gasteiger partial charge on any atom is 0.0962 e. The van der Waals surface area contributed by atoms with Crippen molar-refractivity contribution in [2.24, 2.45) is 5.73 Å². The number of nitrogens with zero attached hydrogens (tertiary/aromatic N) is 6. The Bertz CT molecular complexity index is 823. The van der Waals surface area contributed by atoms with Gasteiger partial charge in [-0.05, 0) is 24.9 Å². The third kappa shape index (κ3) is 3.84. The summed E-state index contributed by atoms with van der Waals surface area (Å²) in [5, 5.41) is 12.9. The van der Waals surface area contributed by atoms with Crippen LogP contribution in [0.25, 0.3) is 11.1 Å². The van der Waals surface area contributed by atoms with Crippen LogP contribution < -0.4 is 5.73 Å². The van der Waals surface area contributed by atoms with Gasteiger partial charge in [0.25, 0.3) is 0 Å². The second-order valence-corrected chi connectivity index (χ2v) is 6.85. The summed E-state index contributed by atoms with van der Waals surface area (Å²) in [6.07, 6.45) is 8.37. The zero-order valence-electron chi connectivity index (χ0n) is 14.9. The Balaban J connectivity index is 1.34. The van der Waals surface area contributed by atoms with E-state index in [-0.39, 0.29) is 0 Å². The smallest absolute Gasteiger partial charge is 0.0962 e. The van der Waals surface area contributed by atoms with Crippen LogP contribution in [0.4, 0.5) is 0 Å². The molecule has 0 aliphatic carbocycles. The lowest BCUT2D eigenvalue weighted by atomic mass is 10.1. The van der Waals surface area contributed by atoms with E-state index in [1.807, 2.05) is 27.8 Å². The third-order valence-electron chi connectivity index (χ3n) is 5.01. The van der Waals surface area contributed by atoms with Crippen molar-refractivity contribution in [3.8, 4) is 11.1 Å². The third-order valence-corrected chi connectivity index (χ3v) is 5.01. The van der Waals surface area contributed by atoms with Crippen molar-refractivity contribution >= 4 is 0 Å². The number of benzene rings is 1. The normalized spacial score (nSPS) is 18.3. The fourth-order valence-electron chi connectivity index (χ4n) is 3.54. The van der Waals surface area contributed by atoms with Crippen LogP contribution in [-0.2, 0) is 13.1 Å². The standard InChI is InChI=1S/C19H25N7/c20-11-18-14-26(23-22-18)19-7-4-8-24(15-19)9-10-25-13-17(12-21-25)16-5-2-1-3-6-16/h1-3,5-6,12-14,19H,4,7-11,15,20H2. The van der Waals surface area contributed by atoms with Gasteiger partial charge in [-0.3, -0.25) is 9.58 Å². The molecular weight excluding hydrogens is 326 g/mol. The monoisotopic (exact) mass is 351 g/mol. The molecule has 3 heterocycles. The first-order valence-corrected chi connectivity index (χ1v) is 9.23. The highest BCUT2D eigenvalue weighted by molar-refractivity contribution is 5.61. The maximum absolute atomic E-state index is 5.64. The van der Waals surface area contributed by atoms with Crippen LogP contribution in [-0.4, -0.2) is 49.3 Å². The first kappa shape index (κ1) is 16.9. The van der Waals surface area contributed by atoms with E-state index in [0.29, 0.717) is 12.6 Å². The molecule has 2 N–H and O–H groups in total. The van der Waals surface area contributed by atoms with Gasteiger partial charge in [-0.25, -0.2) is 4.68 Å². The molecule has 0 spiro atoms. The van der Waals surface area contributed by atoms with E-state index in [0.717, 1.165) is 38.3 Å². The van der Waals surface area contributed by atoms with Crippen molar-refractivity contribution in [1.82, 2.24) is 29.7 Å². The number of likely N-dealkylation sites (tertiary alicyclic amines) is 1. The van der Waals surface area contributed by atoms with E-state index in [2.05, 4.69) is 50.8 Å². The molecule has 1 atom stereocenters. The zero-order chi connectivity index (χ0) is 17.8. The van der Waals surface area contributed by atoms with Crippen molar-refractivity contribution in [3.63, 3.8) is 0 Å². The highest BCUT2D eigenvalue weighted by Crippen LogP contribution is 2.21. The van der Waals surface area contributed by atoms with Crippen molar-refractivity contribution < 1.29 is 0 Å². The van der Waals surface area contributed by atoms with Gasteiger partial charge in [-0.2, -0.15) is 5.10 Å². The summed E-state index contributed by atoms with van der Waals surface area (Å²) in [5.74, 6) is 0. The Hall–Kier alpha value is -2.51. The number of hydrogen-bond acceptors (Lipinski definition) is 5. The fourth-order valence-corrected chi connectivity index (χ4v) is 3.54. The molecule has 0 bridgehead atoms. The Kier molecular flexibility index (Phi) is 5.08. The molecule has 136 valence electrons. The van der Waals surface area contributed by atoms with Gasteiger partial charge >= 0.3 is 0 Å². The average Bonchev–Trinajstić information content (AvgIpc) is 3.37. The molecule has 4 rings (SSSR count). The molecule has 1 saturated heterocycles. The van der Waals surface area contributed by atoms with E-state index in [1.165, 1.54) is 17.5 Å². The van der Waals surface area contributed by atoms with E-state index in [4.69, 9.17) is 5.73 Å². The van der Waals surface area contributed by atoms with E-state index < -0.39 is 0 Å². The molecule has 3 aromatic rings. The van der Waals surface area contributed by atoms with E-state index in [9.17, 15) is 0 Å². The molecule has 0 saturated carbocycles. The van der Waals surface area contributed by atoms with E-state index in [1.54, 1.807) is 0 Å². The number of aromatic nitrogens is 5. The quantitative estimate of drug-likeness (QED) is 0.734. The van der Waals surface area contributed by atoms with E-state index >= 15 is 0 Å². The van der Waals surface area contributed by atoms with Crippen molar-refractivity contribution in [2.45, 2.75) is 32.0 Å². The number of rotatable bonds is 6. The molecule has 1 fully saturated rings. The van der Waals surface area contributed by atoms with Gasteiger partial charge in [0.05, 0.1) is 30.7 Å². The Morgan fingerprint density at radius 2 is 1.96 bits per heavy atom. The van der Waals surface area contributed by atoms with Crippen molar-refractivity contribution in [1.29, 1.82) is 0 Å². The molecule has 0 radical (unpaired) electrons. The number of nitrogens with two attached hydrogens (primary N) is 1. The molecule has 0 amide bonds. The lowest BCUT2D eigenvalue weighted by molar-refractivity contribution is 0.162. The van der Waals surface area contributed by atoms with Gasteiger partial charge in [-0.15, -0.1) is 5.10 Å². The van der Waals surface area contributed by atoms with Gasteiger partial charge in [0.15, 0.2) is 0 Å². The van der Waals surface area contributed by atoms with Crippen molar-refractivity contribution in [2.75, 3.05) is 19.6 Å². The number of piperidine rings is 1.